The summed E-state index contributed by atoms with van der Waals surface area (Å²) in [7, 11) is 0. The van der Waals surface area contributed by atoms with Crippen molar-refractivity contribution in [2.75, 3.05) is 0 Å². The first-order valence-electron chi connectivity index (χ1n) is 1.73. The Morgan fingerprint density at radius 2 is 2.33 bits per heavy atom. The molecule has 50 valence electrons. The first-order valence-corrected chi connectivity index (χ1v) is 1.73. The third-order valence-electron chi connectivity index (χ3n) is 0.332. The van der Waals surface area contributed by atoms with Crippen LogP contribution < -0.4 is 11.3 Å². The van der Waals surface area contributed by atoms with E-state index in [1.54, 1.807) is 0 Å². The van der Waals surface area contributed by atoms with Gasteiger partial charge in [0.05, 0.1) is 5.03 Å². The predicted octanol–water partition coefficient (Wildman–Crippen LogP) is -0.786. The molecular weight excluding hydrogens is 130 g/mol. The summed E-state index contributed by atoms with van der Waals surface area (Å²) in [4.78, 5) is 19.3. The molecule has 0 spiro atoms. The third-order valence-corrected chi connectivity index (χ3v) is 0.332. The lowest BCUT2D eigenvalue weighted by molar-refractivity contribution is -0.493. The van der Waals surface area contributed by atoms with Crippen molar-refractivity contribution in [2.45, 2.75) is 0 Å². The van der Waals surface area contributed by atoms with Crippen LogP contribution in [0.3, 0.4) is 0 Å². The van der Waals surface area contributed by atoms with E-state index in [-0.39, 0.29) is 0 Å². The first kappa shape index (κ1) is 7.43. The van der Waals surface area contributed by atoms with E-state index in [4.69, 9.17) is 0 Å². The van der Waals surface area contributed by atoms with Gasteiger partial charge < -0.3 is 10.1 Å². The van der Waals surface area contributed by atoms with Crippen LogP contribution in [0.15, 0.2) is 10.3 Å². The van der Waals surface area contributed by atoms with Gasteiger partial charge in [-0.3, -0.25) is 5.43 Å². The fourth-order valence-electron chi connectivity index (χ4n) is 0.106. The van der Waals surface area contributed by atoms with E-state index in [0.29, 0.717) is 0 Å². The molecule has 0 fully saturated rings. The molecule has 3 N–H and O–H groups in total. The molecule has 0 bridgehead atoms. The fourth-order valence-corrected chi connectivity index (χ4v) is 0.106. The van der Waals surface area contributed by atoms with Gasteiger partial charge in [0, 0.05) is 0 Å². The number of hydrazine groups is 1. The van der Waals surface area contributed by atoms with Gasteiger partial charge in [-0.2, -0.15) is 0 Å². The Labute approximate surface area is 48.8 Å². The van der Waals surface area contributed by atoms with E-state index in [2.05, 4.69) is 16.2 Å². The molecule has 0 aromatic carbocycles. The van der Waals surface area contributed by atoms with Gasteiger partial charge in [-0.15, -0.1) is 0 Å². The van der Waals surface area contributed by atoms with E-state index in [9.17, 15) is 14.9 Å². The Bertz CT molecular complexity index is 150. The summed E-state index contributed by atoms with van der Waals surface area (Å²) in [6, 6.07) is -1.06. The van der Waals surface area contributed by atoms with Crippen LogP contribution in [0, 0.1) is 10.1 Å². The molecular formula is CH3N5O3. The van der Waals surface area contributed by atoms with Crippen molar-refractivity contribution in [1.82, 2.24) is 5.43 Å². The maximum Gasteiger partial charge on any atom is 0.489 e. The normalized spacial score (nSPS) is 9.44. The summed E-state index contributed by atoms with van der Waals surface area (Å²) in [6.07, 6.45) is 0. The molecule has 0 rings (SSSR count). The van der Waals surface area contributed by atoms with Crippen molar-refractivity contribution < 1.29 is 9.83 Å². The zero-order valence-electron chi connectivity index (χ0n) is 4.14. The van der Waals surface area contributed by atoms with Crippen molar-refractivity contribution >= 4 is 6.03 Å². The van der Waals surface area contributed by atoms with Crippen LogP contribution in [-0.2, 0) is 0 Å². The van der Waals surface area contributed by atoms with E-state index >= 15 is 0 Å². The lowest BCUT2D eigenvalue weighted by Crippen LogP contribution is -2.26. The highest BCUT2D eigenvalue weighted by atomic mass is 16.7. The average molecular weight is 133 g/mol. The van der Waals surface area contributed by atoms with Crippen LogP contribution in [0.2, 0.25) is 0 Å². The lowest BCUT2D eigenvalue weighted by atomic mass is 11.1. The second-order valence-corrected chi connectivity index (χ2v) is 0.877. The van der Waals surface area contributed by atoms with Crippen molar-refractivity contribution in [3.8, 4) is 0 Å². The van der Waals surface area contributed by atoms with Gasteiger partial charge in [0.2, 0.25) is 0 Å². The maximum atomic E-state index is 9.92. The topological polar surface area (TPSA) is 123 Å². The highest BCUT2D eigenvalue weighted by Gasteiger charge is 2.00. The molecule has 0 saturated heterocycles. The Balaban J connectivity index is 3.71. The summed E-state index contributed by atoms with van der Waals surface area (Å²) in [5.74, 6) is 4.48. The van der Waals surface area contributed by atoms with Gasteiger partial charge in [0.25, 0.3) is 0 Å². The molecule has 0 unspecified atom stereocenters. The number of hydrogen-bond acceptors (Lipinski definition) is 4. The van der Waals surface area contributed by atoms with E-state index in [1.165, 1.54) is 5.43 Å². The second kappa shape index (κ2) is 3.43. The molecule has 0 saturated carbocycles. The van der Waals surface area contributed by atoms with Crippen LogP contribution in [-0.4, -0.2) is 11.1 Å². The minimum Gasteiger partial charge on any atom is -0.337 e. The van der Waals surface area contributed by atoms with Crippen LogP contribution in [0.4, 0.5) is 4.79 Å². The number of nitrogens with zero attached hydrogens (tertiary/aromatic N) is 3. The number of amides is 2. The molecule has 9 heavy (non-hydrogen) atoms. The standard InChI is InChI=1S/CH3N5O3/c2-3-1(7)4-5-6(8)9/h2H2,(H,3,7). The summed E-state index contributed by atoms with van der Waals surface area (Å²) >= 11 is 0. The van der Waals surface area contributed by atoms with Crippen molar-refractivity contribution in [3.05, 3.63) is 10.1 Å². The van der Waals surface area contributed by atoms with Gasteiger partial charge in [0.15, 0.2) is 5.22 Å². The van der Waals surface area contributed by atoms with Crippen LogP contribution in [0.5, 0.6) is 0 Å². The highest BCUT2D eigenvalue weighted by Crippen LogP contribution is 1.75. The summed E-state index contributed by atoms with van der Waals surface area (Å²) in [6.45, 7) is 0. The monoisotopic (exact) mass is 133 g/mol. The molecule has 0 radical (unpaired) electrons. The third kappa shape index (κ3) is 4.28. The molecule has 8 nitrogen and oxygen atoms in total. The Hall–Kier alpha value is -1.57. The van der Waals surface area contributed by atoms with Gasteiger partial charge in [-0.25, -0.2) is 10.6 Å². The molecule has 2 amide bonds. The van der Waals surface area contributed by atoms with Crippen LogP contribution >= 0.6 is 0 Å². The van der Waals surface area contributed by atoms with Crippen molar-refractivity contribution in [1.29, 1.82) is 0 Å². The number of nitrogens with one attached hydrogen (secondary N) is 1. The molecule has 0 heterocycles. The average Bonchev–Trinajstić information content (AvgIpc) is 1.83. The summed E-state index contributed by atoms with van der Waals surface area (Å²) < 4.78 is 0. The number of hydrogen-bond donors (Lipinski definition) is 2. The van der Waals surface area contributed by atoms with Crippen LogP contribution in [0.1, 0.15) is 0 Å². The molecule has 0 atom stereocenters. The van der Waals surface area contributed by atoms with Gasteiger partial charge in [-0.05, 0) is 0 Å². The molecule has 0 aliphatic heterocycles. The quantitative estimate of drug-likeness (QED) is 0.160. The fraction of sp³-hybridized carbons (Fsp3) is 0. The van der Waals surface area contributed by atoms with Gasteiger partial charge in [0.1, 0.15) is 5.11 Å². The second-order valence-electron chi connectivity index (χ2n) is 0.877. The molecule has 0 aromatic heterocycles. The Morgan fingerprint density at radius 3 is 2.67 bits per heavy atom. The van der Waals surface area contributed by atoms with Gasteiger partial charge >= 0.3 is 6.03 Å². The van der Waals surface area contributed by atoms with Crippen molar-refractivity contribution in [3.63, 3.8) is 0 Å². The number of urea groups is 1. The minimum absolute atomic E-state index is 1.06. The van der Waals surface area contributed by atoms with Crippen LogP contribution in [0.25, 0.3) is 0 Å². The molecule has 0 aliphatic carbocycles. The molecule has 8 heteroatoms. The number of nitrogens with two attached hydrogens (primary N) is 1. The number of rotatable bonds is 1. The van der Waals surface area contributed by atoms with Crippen molar-refractivity contribution in [2.24, 2.45) is 16.2 Å². The van der Waals surface area contributed by atoms with Gasteiger partial charge in [-0.1, -0.05) is 0 Å². The largest absolute Gasteiger partial charge is 0.489 e. The highest BCUT2D eigenvalue weighted by molar-refractivity contribution is 5.73. The summed E-state index contributed by atoms with van der Waals surface area (Å²) in [5.41, 5.74) is 1.52. The smallest absolute Gasteiger partial charge is 0.337 e. The zero-order chi connectivity index (χ0) is 7.28. The maximum absolute atomic E-state index is 9.92. The van der Waals surface area contributed by atoms with E-state index in [0.717, 1.165) is 0 Å². The number of carbonyl (C=O) groups excluding carboxylic acids is 1. The summed E-state index contributed by atoms with van der Waals surface area (Å²) in [5, 5.41) is 13.0. The van der Waals surface area contributed by atoms with E-state index < -0.39 is 11.1 Å². The lowest BCUT2D eigenvalue weighted by Gasteiger charge is -1.78. The predicted molar refractivity (Wildman–Crippen MR) is 24.6 cm³/mol. The minimum atomic E-state index is -1.12. The van der Waals surface area contributed by atoms with E-state index in [1.807, 2.05) is 0 Å². The molecule has 0 aromatic rings. The SMILES string of the molecule is NNC(=O)N=N[N+](=O)[O-]. The molecule has 0 aliphatic rings. The Kier molecular flexibility index (Phi) is 2.84. The zero-order valence-corrected chi connectivity index (χ0v) is 4.14. The number of carbonyl (C=O) groups is 1. The Morgan fingerprint density at radius 1 is 1.78 bits per heavy atom. The first-order chi connectivity index (χ1) is 4.16. The number of nitro groups is 1.